The second-order valence-electron chi connectivity index (χ2n) is 25.2. The van der Waals surface area contributed by atoms with E-state index < -0.39 is 8.07 Å². The molecule has 1 aliphatic rings. The van der Waals surface area contributed by atoms with Gasteiger partial charge in [0.05, 0.1) is 0 Å². The standard InChI is InChI=1S/C81H88Si/c1-50-23-17-24-51(2)75(50)44-66-35-67(45-76-52(3)25-18-26-53(76)4)39-72(38-66)82(81-64(15)62(13)63(14)65(81)16,73-40-68(46-77-54(5)27-19-28-55(77)6)36-69(41-73)47-78-56(7)29-20-30-57(78)8)74-42-70(48-79-58(9)31-21-32-59(79)10)37-71(43-74)49-80-60(11)33-22-34-61(80)12/h17-43,64H,44-49H2,1-16H3. The third-order valence-corrected chi connectivity index (χ3v) is 24.7. The molecule has 0 nitrogen and oxygen atoms in total. The van der Waals surface area contributed by atoms with Crippen LogP contribution < -0.4 is 15.6 Å². The summed E-state index contributed by atoms with van der Waals surface area (Å²) in [5, 5.41) is 6.11. The largest absolute Gasteiger partial charge is 0.176 e. The molecule has 0 aliphatic heterocycles. The van der Waals surface area contributed by atoms with E-state index in [1.54, 1.807) is 5.20 Å². The Balaban J connectivity index is 1.40. The summed E-state index contributed by atoms with van der Waals surface area (Å²) in [7, 11) is -3.42. The molecule has 0 amide bonds. The molecule has 0 bridgehead atoms. The summed E-state index contributed by atoms with van der Waals surface area (Å²) in [6.45, 7) is 37.7. The Bertz CT molecular complexity index is 3290. The van der Waals surface area contributed by atoms with Gasteiger partial charge in [-0.15, -0.1) is 0 Å². The van der Waals surface area contributed by atoms with Crippen LogP contribution in [0, 0.1) is 89.0 Å². The van der Waals surface area contributed by atoms with Gasteiger partial charge in [-0.25, -0.2) is 0 Å². The van der Waals surface area contributed by atoms with Gasteiger partial charge in [-0.1, -0.05) is 187 Å². The third kappa shape index (κ3) is 11.4. The maximum Gasteiger partial charge on any atom is 0.176 e. The molecule has 0 aromatic heterocycles. The molecular formula is C81H88Si. The van der Waals surface area contributed by atoms with E-state index in [1.165, 1.54) is 166 Å². The van der Waals surface area contributed by atoms with Crippen LogP contribution in [0.3, 0.4) is 0 Å². The number of rotatable bonds is 16. The Hall–Kier alpha value is -7.32. The molecule has 0 N–H and O–H groups in total. The monoisotopic (exact) mass is 1090 g/mol. The summed E-state index contributed by atoms with van der Waals surface area (Å²) in [6, 6.07) is 65.3. The zero-order chi connectivity index (χ0) is 58.3. The number of hydrogen-bond acceptors (Lipinski definition) is 0. The van der Waals surface area contributed by atoms with Crippen molar-refractivity contribution >= 4 is 23.6 Å². The van der Waals surface area contributed by atoms with Crippen LogP contribution in [-0.4, -0.2) is 8.07 Å². The molecule has 0 fully saturated rings. The molecule has 1 unspecified atom stereocenters. The Morgan fingerprint density at radius 3 is 0.598 bits per heavy atom. The van der Waals surface area contributed by atoms with Crippen molar-refractivity contribution in [3.05, 3.63) is 319 Å². The van der Waals surface area contributed by atoms with Crippen LogP contribution >= 0.6 is 0 Å². The minimum atomic E-state index is -3.42. The number of aryl methyl sites for hydroxylation is 12. The Kier molecular flexibility index (Phi) is 16.9. The zero-order valence-electron chi connectivity index (χ0n) is 52.4. The third-order valence-electron chi connectivity index (χ3n) is 19.7. The first-order valence-electron chi connectivity index (χ1n) is 30.3. The normalized spacial score (nSPS) is 13.7. The lowest BCUT2D eigenvalue weighted by molar-refractivity contribution is 0.851. The number of hydrogen-bond donors (Lipinski definition) is 0. The molecule has 0 saturated heterocycles. The van der Waals surface area contributed by atoms with E-state index in [9.17, 15) is 0 Å². The van der Waals surface area contributed by atoms with Gasteiger partial charge in [-0.05, 0) is 303 Å². The van der Waals surface area contributed by atoms with Crippen molar-refractivity contribution in [2.75, 3.05) is 0 Å². The van der Waals surface area contributed by atoms with Crippen LogP contribution in [0.25, 0.3) is 0 Å². The van der Waals surface area contributed by atoms with E-state index in [-0.39, 0.29) is 5.92 Å². The molecule has 1 aliphatic carbocycles. The molecule has 416 valence electrons. The first kappa shape index (κ1) is 57.9. The summed E-state index contributed by atoms with van der Waals surface area (Å²) >= 11 is 0. The van der Waals surface area contributed by atoms with Crippen LogP contribution in [-0.2, 0) is 38.5 Å². The topological polar surface area (TPSA) is 0 Å². The van der Waals surface area contributed by atoms with E-state index in [2.05, 4.69) is 275 Å². The molecule has 0 radical (unpaired) electrons. The van der Waals surface area contributed by atoms with Crippen molar-refractivity contribution in [3.63, 3.8) is 0 Å². The average Bonchev–Trinajstić information content (AvgIpc) is 2.03. The minimum absolute atomic E-state index is 0.227. The van der Waals surface area contributed by atoms with Crippen LogP contribution in [0.1, 0.15) is 161 Å². The second-order valence-corrected chi connectivity index (χ2v) is 29.0. The molecule has 1 heteroatoms. The van der Waals surface area contributed by atoms with Crippen LogP contribution in [0.15, 0.2) is 186 Å². The highest BCUT2D eigenvalue weighted by molar-refractivity contribution is 7.16. The Labute approximate surface area is 495 Å². The lowest BCUT2D eigenvalue weighted by Crippen LogP contribution is -2.70. The van der Waals surface area contributed by atoms with Crippen LogP contribution in [0.5, 0.6) is 0 Å². The first-order chi connectivity index (χ1) is 39.2. The van der Waals surface area contributed by atoms with Crippen molar-refractivity contribution in [3.8, 4) is 0 Å². The highest BCUT2D eigenvalue weighted by atomic mass is 28.3. The molecule has 0 saturated carbocycles. The maximum absolute atomic E-state index is 3.42. The van der Waals surface area contributed by atoms with Crippen molar-refractivity contribution < 1.29 is 0 Å². The average molecular weight is 1090 g/mol. The summed E-state index contributed by atoms with van der Waals surface area (Å²) in [6.07, 6.45) is 5.22. The fourth-order valence-corrected chi connectivity index (χ4v) is 20.4. The van der Waals surface area contributed by atoms with Crippen LogP contribution in [0.4, 0.5) is 0 Å². The highest BCUT2D eigenvalue weighted by Gasteiger charge is 2.49. The van der Waals surface area contributed by atoms with Crippen molar-refractivity contribution in [2.45, 2.75) is 149 Å². The van der Waals surface area contributed by atoms with Gasteiger partial charge in [0.1, 0.15) is 0 Å². The molecule has 82 heavy (non-hydrogen) atoms. The van der Waals surface area contributed by atoms with Gasteiger partial charge in [0.2, 0.25) is 0 Å². The lowest BCUT2D eigenvalue weighted by atomic mass is 9.92. The van der Waals surface area contributed by atoms with Crippen LogP contribution in [0.2, 0.25) is 0 Å². The predicted molar refractivity (Wildman–Crippen MR) is 357 cm³/mol. The molecule has 10 rings (SSSR count). The number of benzene rings is 9. The van der Waals surface area contributed by atoms with E-state index in [0.717, 1.165) is 38.5 Å². The van der Waals surface area contributed by atoms with Gasteiger partial charge in [0.25, 0.3) is 0 Å². The van der Waals surface area contributed by atoms with Gasteiger partial charge >= 0.3 is 0 Å². The second kappa shape index (κ2) is 23.9. The molecule has 0 spiro atoms. The van der Waals surface area contributed by atoms with Crippen molar-refractivity contribution in [1.29, 1.82) is 0 Å². The molecule has 9 aromatic carbocycles. The van der Waals surface area contributed by atoms with E-state index in [4.69, 9.17) is 0 Å². The quantitative estimate of drug-likeness (QED) is 0.0668. The fraction of sp³-hybridized carbons (Fsp3) is 0.284. The van der Waals surface area contributed by atoms with Gasteiger partial charge in [-0.2, -0.15) is 0 Å². The summed E-state index contributed by atoms with van der Waals surface area (Å²) in [5.41, 5.74) is 37.6. The molecule has 0 heterocycles. The van der Waals surface area contributed by atoms with Gasteiger partial charge in [0.15, 0.2) is 8.07 Å². The summed E-state index contributed by atoms with van der Waals surface area (Å²) in [4.78, 5) is 0. The first-order valence-corrected chi connectivity index (χ1v) is 32.3. The fourth-order valence-electron chi connectivity index (χ4n) is 14.5. The Morgan fingerprint density at radius 1 is 0.256 bits per heavy atom. The SMILES string of the molecule is CC1=C(C)C(C)C([Si](c2cc(Cc3c(C)cccc3C)cc(Cc3c(C)cccc3C)c2)(c2cc(Cc3c(C)cccc3C)cc(Cc3c(C)cccc3C)c2)c2cc(Cc3c(C)cccc3C)cc(Cc3c(C)cccc3C)c2)=C1C. The van der Waals surface area contributed by atoms with E-state index in [0.29, 0.717) is 0 Å². The van der Waals surface area contributed by atoms with Gasteiger partial charge in [-0.3, -0.25) is 0 Å². The highest BCUT2D eigenvalue weighted by Crippen LogP contribution is 2.43. The molecular weight excluding hydrogens is 1000 g/mol. The summed E-state index contributed by atoms with van der Waals surface area (Å²) in [5.74, 6) is 0.227. The van der Waals surface area contributed by atoms with E-state index >= 15 is 0 Å². The number of allylic oxidation sites excluding steroid dienone is 4. The van der Waals surface area contributed by atoms with Gasteiger partial charge in [0, 0.05) is 0 Å². The minimum Gasteiger partial charge on any atom is -0.0636 e. The molecule has 1 atom stereocenters. The van der Waals surface area contributed by atoms with Crippen molar-refractivity contribution in [1.82, 2.24) is 0 Å². The molecule has 9 aromatic rings. The zero-order valence-corrected chi connectivity index (χ0v) is 53.4. The summed E-state index contributed by atoms with van der Waals surface area (Å²) < 4.78 is 0. The van der Waals surface area contributed by atoms with Crippen molar-refractivity contribution in [2.24, 2.45) is 5.92 Å². The predicted octanol–water partition coefficient (Wildman–Crippen LogP) is 18.2. The van der Waals surface area contributed by atoms with Gasteiger partial charge < -0.3 is 0 Å². The lowest BCUT2D eigenvalue weighted by Gasteiger charge is -2.40. The maximum atomic E-state index is 2.73. The smallest absolute Gasteiger partial charge is 0.0636 e. The van der Waals surface area contributed by atoms with E-state index in [1.807, 2.05) is 0 Å². The Morgan fingerprint density at radius 2 is 0.439 bits per heavy atom.